The van der Waals surface area contributed by atoms with Crippen molar-refractivity contribution in [2.24, 2.45) is 0 Å². The lowest BCUT2D eigenvalue weighted by molar-refractivity contribution is 0.102. The molecule has 0 spiro atoms. The summed E-state index contributed by atoms with van der Waals surface area (Å²) < 4.78 is 2.54. The topological polar surface area (TPSA) is 63.5 Å². The summed E-state index contributed by atoms with van der Waals surface area (Å²) in [4.78, 5) is 30.2. The molecule has 2 heterocycles. The third-order valence-electron chi connectivity index (χ3n) is 4.01. The zero-order valence-electron chi connectivity index (χ0n) is 13.7. The van der Waals surface area contributed by atoms with E-state index in [1.54, 1.807) is 16.5 Å². The van der Waals surface area contributed by atoms with Crippen molar-refractivity contribution in [1.29, 1.82) is 0 Å². The molecule has 124 valence electrons. The summed E-state index contributed by atoms with van der Waals surface area (Å²) in [6, 6.07) is 13.1. The van der Waals surface area contributed by atoms with Crippen LogP contribution in [-0.2, 0) is 0 Å². The number of aryl methyl sites for hydroxylation is 2. The molecule has 0 fully saturated rings. The first-order valence-electron chi connectivity index (χ1n) is 7.82. The molecular formula is C19H15N3O2S. The first kappa shape index (κ1) is 15.5. The van der Waals surface area contributed by atoms with Gasteiger partial charge in [-0.1, -0.05) is 35.1 Å². The minimum Gasteiger partial charge on any atom is -0.316 e. The van der Waals surface area contributed by atoms with Crippen LogP contribution in [-0.4, -0.2) is 15.3 Å². The molecule has 0 atom stereocenters. The van der Waals surface area contributed by atoms with Crippen molar-refractivity contribution in [3.63, 3.8) is 0 Å². The maximum atomic E-state index is 12.8. The molecule has 0 aliphatic carbocycles. The highest BCUT2D eigenvalue weighted by Gasteiger charge is 2.14. The van der Waals surface area contributed by atoms with Crippen LogP contribution in [0.2, 0.25) is 0 Å². The fourth-order valence-corrected chi connectivity index (χ4v) is 3.86. The summed E-state index contributed by atoms with van der Waals surface area (Å²) in [5.74, 6) is -0.321. The summed E-state index contributed by atoms with van der Waals surface area (Å²) in [5, 5.41) is 2.68. The van der Waals surface area contributed by atoms with Gasteiger partial charge in [-0.25, -0.2) is 9.38 Å². The Labute approximate surface area is 147 Å². The van der Waals surface area contributed by atoms with E-state index in [0.29, 0.717) is 10.5 Å². The largest absolute Gasteiger partial charge is 0.316 e. The van der Waals surface area contributed by atoms with Crippen molar-refractivity contribution in [2.75, 3.05) is 5.32 Å². The quantitative estimate of drug-likeness (QED) is 0.599. The maximum Gasteiger partial charge on any atom is 0.282 e. The molecule has 0 aliphatic heterocycles. The molecule has 4 aromatic rings. The first-order valence-corrected chi connectivity index (χ1v) is 8.63. The minimum absolute atomic E-state index is 0.171. The number of rotatable bonds is 2. The molecule has 6 heteroatoms. The second-order valence-electron chi connectivity index (χ2n) is 5.99. The van der Waals surface area contributed by atoms with Gasteiger partial charge in [0.1, 0.15) is 5.69 Å². The average Bonchev–Trinajstić information content (AvgIpc) is 2.95. The molecule has 0 unspecified atom stereocenters. The van der Waals surface area contributed by atoms with Crippen LogP contribution in [0.5, 0.6) is 0 Å². The highest BCUT2D eigenvalue weighted by molar-refractivity contribution is 7.23. The monoisotopic (exact) mass is 349 g/mol. The van der Waals surface area contributed by atoms with Gasteiger partial charge in [0.2, 0.25) is 0 Å². The van der Waals surface area contributed by atoms with Gasteiger partial charge in [0.15, 0.2) is 4.96 Å². The van der Waals surface area contributed by atoms with Gasteiger partial charge in [0.05, 0.1) is 16.4 Å². The van der Waals surface area contributed by atoms with E-state index in [2.05, 4.69) is 10.3 Å². The van der Waals surface area contributed by atoms with E-state index in [1.165, 1.54) is 17.5 Å². The molecule has 0 aliphatic rings. The molecule has 2 aromatic heterocycles. The highest BCUT2D eigenvalue weighted by Crippen LogP contribution is 2.25. The zero-order chi connectivity index (χ0) is 17.6. The number of amides is 1. The Morgan fingerprint density at radius 3 is 2.72 bits per heavy atom. The van der Waals surface area contributed by atoms with Gasteiger partial charge in [-0.3, -0.25) is 9.59 Å². The zero-order valence-corrected chi connectivity index (χ0v) is 14.6. The number of fused-ring (bicyclic) bond motifs is 3. The number of anilines is 1. The van der Waals surface area contributed by atoms with Crippen molar-refractivity contribution in [3.8, 4) is 0 Å². The molecule has 0 radical (unpaired) electrons. The number of nitrogens with one attached hydrogen (secondary N) is 1. The standard InChI is InChI=1S/C19H15N3O2S/c1-11-4-3-5-13(8-11)17(23)21-14-10-20-19-22(18(14)24)15-7-6-12(2)9-16(15)25-19/h3-10H,1-2H3,(H,21,23). The third-order valence-corrected chi connectivity index (χ3v) is 5.03. The second kappa shape index (κ2) is 5.82. The van der Waals surface area contributed by atoms with E-state index in [4.69, 9.17) is 0 Å². The fourth-order valence-electron chi connectivity index (χ4n) is 2.78. The Kier molecular flexibility index (Phi) is 3.62. The predicted molar refractivity (Wildman–Crippen MR) is 101 cm³/mol. The number of benzene rings is 2. The lowest BCUT2D eigenvalue weighted by Crippen LogP contribution is -2.22. The van der Waals surface area contributed by atoms with E-state index in [0.717, 1.165) is 21.3 Å². The van der Waals surface area contributed by atoms with Gasteiger partial charge in [0.25, 0.3) is 11.5 Å². The van der Waals surface area contributed by atoms with Crippen molar-refractivity contribution < 1.29 is 4.79 Å². The van der Waals surface area contributed by atoms with E-state index in [9.17, 15) is 9.59 Å². The Bertz CT molecular complexity index is 1190. The van der Waals surface area contributed by atoms with Crippen molar-refractivity contribution in [2.45, 2.75) is 13.8 Å². The predicted octanol–water partition coefficient (Wildman–Crippen LogP) is 3.78. The summed E-state index contributed by atoms with van der Waals surface area (Å²) in [7, 11) is 0. The van der Waals surface area contributed by atoms with E-state index in [-0.39, 0.29) is 17.2 Å². The fraction of sp³-hybridized carbons (Fsp3) is 0.105. The van der Waals surface area contributed by atoms with Crippen molar-refractivity contribution in [3.05, 3.63) is 75.7 Å². The van der Waals surface area contributed by atoms with Gasteiger partial charge in [-0.2, -0.15) is 0 Å². The molecule has 1 amide bonds. The number of thiazole rings is 1. The number of aromatic nitrogens is 2. The van der Waals surface area contributed by atoms with E-state index in [1.807, 2.05) is 44.2 Å². The van der Waals surface area contributed by atoms with Gasteiger partial charge in [0, 0.05) is 5.56 Å². The van der Waals surface area contributed by atoms with Crippen LogP contribution in [0.15, 0.2) is 53.5 Å². The van der Waals surface area contributed by atoms with Crippen LogP contribution in [0, 0.1) is 13.8 Å². The normalized spacial score (nSPS) is 11.1. The Balaban J connectivity index is 1.80. The Morgan fingerprint density at radius 2 is 1.92 bits per heavy atom. The molecule has 4 rings (SSSR count). The first-order chi connectivity index (χ1) is 12.0. The number of hydrogen-bond acceptors (Lipinski definition) is 4. The van der Waals surface area contributed by atoms with E-state index < -0.39 is 0 Å². The van der Waals surface area contributed by atoms with Crippen LogP contribution >= 0.6 is 11.3 Å². The molecular weight excluding hydrogens is 334 g/mol. The summed E-state index contributed by atoms with van der Waals surface area (Å²) in [6.07, 6.45) is 1.42. The van der Waals surface area contributed by atoms with Gasteiger partial charge in [-0.15, -0.1) is 0 Å². The van der Waals surface area contributed by atoms with Gasteiger partial charge >= 0.3 is 0 Å². The molecule has 0 bridgehead atoms. The molecule has 0 saturated carbocycles. The summed E-state index contributed by atoms with van der Waals surface area (Å²) in [6.45, 7) is 3.92. The molecule has 25 heavy (non-hydrogen) atoms. The summed E-state index contributed by atoms with van der Waals surface area (Å²) in [5.41, 5.74) is 3.31. The Morgan fingerprint density at radius 1 is 1.12 bits per heavy atom. The Hall–Kier alpha value is -2.99. The average molecular weight is 349 g/mol. The van der Waals surface area contributed by atoms with E-state index >= 15 is 0 Å². The number of carbonyl (C=O) groups is 1. The van der Waals surface area contributed by atoms with Crippen LogP contribution in [0.3, 0.4) is 0 Å². The van der Waals surface area contributed by atoms with Crippen molar-refractivity contribution in [1.82, 2.24) is 9.38 Å². The summed E-state index contributed by atoms with van der Waals surface area (Å²) >= 11 is 1.46. The van der Waals surface area contributed by atoms with Crippen LogP contribution < -0.4 is 10.9 Å². The molecule has 2 aromatic carbocycles. The van der Waals surface area contributed by atoms with Gasteiger partial charge in [-0.05, 0) is 43.7 Å². The lowest BCUT2D eigenvalue weighted by Gasteiger charge is -2.05. The highest BCUT2D eigenvalue weighted by atomic mass is 32.1. The number of carbonyl (C=O) groups excluding carboxylic acids is 1. The number of hydrogen-bond donors (Lipinski definition) is 1. The molecule has 1 N–H and O–H groups in total. The van der Waals surface area contributed by atoms with Crippen LogP contribution in [0.25, 0.3) is 15.2 Å². The second-order valence-corrected chi connectivity index (χ2v) is 7.00. The maximum absolute atomic E-state index is 12.8. The number of nitrogens with zero attached hydrogens (tertiary/aromatic N) is 2. The lowest BCUT2D eigenvalue weighted by atomic mass is 10.1. The SMILES string of the molecule is Cc1cccc(C(=O)Nc2cnc3sc4cc(C)ccc4n3c2=O)c1. The smallest absolute Gasteiger partial charge is 0.282 e. The molecule has 5 nitrogen and oxygen atoms in total. The van der Waals surface area contributed by atoms with Crippen molar-refractivity contribution >= 4 is 38.1 Å². The van der Waals surface area contributed by atoms with Gasteiger partial charge < -0.3 is 5.32 Å². The van der Waals surface area contributed by atoms with Crippen LogP contribution in [0.4, 0.5) is 5.69 Å². The minimum atomic E-state index is -0.321. The third kappa shape index (κ3) is 2.70. The molecule has 0 saturated heterocycles. The van der Waals surface area contributed by atoms with Crippen LogP contribution in [0.1, 0.15) is 21.5 Å².